The quantitative estimate of drug-likeness (QED) is 0.445. The number of aromatic amines is 1. The van der Waals surface area contributed by atoms with E-state index in [-0.39, 0.29) is 21.7 Å². The minimum Gasteiger partial charge on any atom is -0.321 e. The molecule has 1 saturated heterocycles. The zero-order valence-corrected chi connectivity index (χ0v) is 18.6. The van der Waals surface area contributed by atoms with E-state index in [1.807, 2.05) is 18.2 Å². The fourth-order valence-electron chi connectivity index (χ4n) is 3.76. The van der Waals surface area contributed by atoms with Gasteiger partial charge in [0, 0.05) is 29.9 Å². The maximum atomic E-state index is 12.9. The molecule has 0 spiro atoms. The molecule has 4 rings (SSSR count). The second-order valence-corrected chi connectivity index (χ2v) is 9.70. The highest BCUT2D eigenvalue weighted by Gasteiger charge is 2.26. The first-order valence-electron chi connectivity index (χ1n) is 10.5. The number of nitrogens with one attached hydrogen (secondary N) is 2. The molecule has 8 nitrogen and oxygen atoms in total. The molecule has 1 aliphatic rings. The number of sulfonamides is 1. The topological polar surface area (TPSA) is 123 Å². The lowest BCUT2D eigenvalue weighted by molar-refractivity contribution is -0.112. The van der Waals surface area contributed by atoms with Crippen LogP contribution in [0.3, 0.4) is 0 Å². The normalized spacial score (nSPS) is 15.2. The number of para-hydroxylation sites is 1. The van der Waals surface area contributed by atoms with Crippen molar-refractivity contribution in [1.82, 2.24) is 9.29 Å². The molecule has 9 heteroatoms. The summed E-state index contributed by atoms with van der Waals surface area (Å²) in [6.45, 7) is 0.946. The second kappa shape index (κ2) is 9.40. The summed E-state index contributed by atoms with van der Waals surface area (Å²) in [5, 5.41) is 12.8. The Morgan fingerprint density at radius 3 is 2.58 bits per heavy atom. The number of H-pyrrole nitrogens is 1. The number of carbonyl (C=O) groups is 1. The molecule has 168 valence electrons. The predicted molar refractivity (Wildman–Crippen MR) is 126 cm³/mol. The minimum absolute atomic E-state index is 0.0793. The van der Waals surface area contributed by atoms with E-state index in [0.29, 0.717) is 18.6 Å². The van der Waals surface area contributed by atoms with E-state index in [0.717, 1.165) is 24.6 Å². The summed E-state index contributed by atoms with van der Waals surface area (Å²) in [4.78, 5) is 27.9. The number of rotatable bonds is 5. The molecule has 2 heterocycles. The van der Waals surface area contributed by atoms with Crippen molar-refractivity contribution in [2.75, 3.05) is 18.4 Å². The zero-order valence-electron chi connectivity index (χ0n) is 17.7. The van der Waals surface area contributed by atoms with Gasteiger partial charge in [0.25, 0.3) is 11.5 Å². The van der Waals surface area contributed by atoms with Crippen LogP contribution in [0.25, 0.3) is 17.0 Å². The van der Waals surface area contributed by atoms with Crippen molar-refractivity contribution >= 4 is 38.6 Å². The van der Waals surface area contributed by atoms with E-state index in [4.69, 9.17) is 0 Å². The number of aromatic nitrogens is 1. The van der Waals surface area contributed by atoms with Crippen molar-refractivity contribution in [2.45, 2.75) is 24.2 Å². The molecule has 2 N–H and O–H groups in total. The zero-order chi connectivity index (χ0) is 23.4. The van der Waals surface area contributed by atoms with Crippen LogP contribution in [-0.2, 0) is 14.8 Å². The highest BCUT2D eigenvalue weighted by Crippen LogP contribution is 2.23. The molecule has 3 aromatic rings. The molecular formula is C24H22N4O4S. The molecule has 0 unspecified atom stereocenters. The summed E-state index contributed by atoms with van der Waals surface area (Å²) >= 11 is 0. The lowest BCUT2D eigenvalue weighted by atomic mass is 10.1. The molecule has 0 radical (unpaired) electrons. The lowest BCUT2D eigenvalue weighted by Gasteiger charge is -2.26. The van der Waals surface area contributed by atoms with E-state index in [1.165, 1.54) is 28.6 Å². The van der Waals surface area contributed by atoms with Gasteiger partial charge in [-0.3, -0.25) is 9.59 Å². The van der Waals surface area contributed by atoms with Crippen molar-refractivity contribution in [3.63, 3.8) is 0 Å². The minimum atomic E-state index is -3.66. The third kappa shape index (κ3) is 4.87. The number of fused-ring (bicyclic) bond motifs is 1. The van der Waals surface area contributed by atoms with Crippen LogP contribution in [0.2, 0.25) is 0 Å². The predicted octanol–water partition coefficient (Wildman–Crippen LogP) is 3.25. The number of nitriles is 1. The Bertz CT molecular complexity index is 1450. The van der Waals surface area contributed by atoms with Crippen LogP contribution in [0.15, 0.2) is 69.9 Å². The smallest absolute Gasteiger partial charge is 0.266 e. The van der Waals surface area contributed by atoms with Gasteiger partial charge in [-0.25, -0.2) is 8.42 Å². The third-order valence-electron chi connectivity index (χ3n) is 5.49. The molecule has 0 saturated carbocycles. The number of anilines is 1. The summed E-state index contributed by atoms with van der Waals surface area (Å²) in [5.74, 6) is -0.738. The van der Waals surface area contributed by atoms with Gasteiger partial charge in [-0.15, -0.1) is 0 Å². The molecule has 0 bridgehead atoms. The van der Waals surface area contributed by atoms with Crippen LogP contribution < -0.4 is 10.9 Å². The van der Waals surface area contributed by atoms with Crippen LogP contribution in [0.4, 0.5) is 5.69 Å². The van der Waals surface area contributed by atoms with Gasteiger partial charge in [0.2, 0.25) is 10.0 Å². The van der Waals surface area contributed by atoms with Gasteiger partial charge in [0.05, 0.1) is 4.90 Å². The summed E-state index contributed by atoms with van der Waals surface area (Å²) in [7, 11) is -3.66. The fraction of sp³-hybridized carbons (Fsp3) is 0.208. The van der Waals surface area contributed by atoms with Gasteiger partial charge >= 0.3 is 0 Å². The Kier molecular flexibility index (Phi) is 6.40. The van der Waals surface area contributed by atoms with Crippen molar-refractivity contribution in [1.29, 1.82) is 5.26 Å². The first kappa shape index (κ1) is 22.5. The molecule has 1 aliphatic heterocycles. The first-order valence-corrected chi connectivity index (χ1v) is 12.0. The fourth-order valence-corrected chi connectivity index (χ4v) is 5.33. The number of carbonyl (C=O) groups excluding carboxylic acids is 1. The lowest BCUT2D eigenvalue weighted by Crippen LogP contribution is -2.35. The van der Waals surface area contributed by atoms with Crippen molar-refractivity contribution in [2.24, 2.45) is 0 Å². The average Bonchev–Trinajstić information content (AvgIpc) is 2.83. The van der Waals surface area contributed by atoms with Gasteiger partial charge in [0.1, 0.15) is 11.6 Å². The van der Waals surface area contributed by atoms with Gasteiger partial charge in [-0.1, -0.05) is 30.7 Å². The third-order valence-corrected chi connectivity index (χ3v) is 7.39. The van der Waals surface area contributed by atoms with Crippen LogP contribution in [0.1, 0.15) is 24.8 Å². The van der Waals surface area contributed by atoms with Gasteiger partial charge in [0.15, 0.2) is 0 Å². The largest absolute Gasteiger partial charge is 0.321 e. The van der Waals surface area contributed by atoms with E-state index >= 15 is 0 Å². The Hall–Kier alpha value is -3.74. The monoisotopic (exact) mass is 462 g/mol. The molecular weight excluding hydrogens is 440 g/mol. The maximum absolute atomic E-state index is 12.9. The van der Waals surface area contributed by atoms with Gasteiger partial charge < -0.3 is 10.3 Å². The van der Waals surface area contributed by atoms with Crippen molar-refractivity contribution < 1.29 is 13.2 Å². The van der Waals surface area contributed by atoms with Gasteiger partial charge in [-0.2, -0.15) is 9.57 Å². The molecule has 1 amide bonds. The standard InChI is InChI=1S/C24H22N4O4S/c25-16-19(14-18-13-17-7-2-3-10-22(17)27-23(18)29)24(30)26-20-8-6-9-21(15-20)33(31,32)28-11-4-1-5-12-28/h2-3,6-10,13-15H,1,4-5,11-12H2,(H,26,30)(H,27,29)/b19-14+. The highest BCUT2D eigenvalue weighted by molar-refractivity contribution is 7.89. The molecule has 33 heavy (non-hydrogen) atoms. The Labute approximate surface area is 191 Å². The van der Waals surface area contributed by atoms with E-state index in [9.17, 15) is 23.3 Å². The molecule has 2 aromatic carbocycles. The Morgan fingerprint density at radius 1 is 1.06 bits per heavy atom. The van der Waals surface area contributed by atoms with Crippen LogP contribution >= 0.6 is 0 Å². The van der Waals surface area contributed by atoms with E-state index in [2.05, 4.69) is 10.3 Å². The molecule has 0 aliphatic carbocycles. The summed E-state index contributed by atoms with van der Waals surface area (Å²) in [5.41, 5.74) is 0.353. The molecule has 0 atom stereocenters. The van der Waals surface area contributed by atoms with Crippen LogP contribution in [0.5, 0.6) is 0 Å². The number of hydrogen-bond acceptors (Lipinski definition) is 5. The number of piperidine rings is 1. The average molecular weight is 463 g/mol. The van der Waals surface area contributed by atoms with Gasteiger partial charge in [-0.05, 0) is 54.6 Å². The van der Waals surface area contributed by atoms with Crippen molar-refractivity contribution in [3.8, 4) is 6.07 Å². The summed E-state index contributed by atoms with van der Waals surface area (Å²) in [6, 6.07) is 16.5. The first-order chi connectivity index (χ1) is 15.9. The number of pyridine rings is 1. The number of amides is 1. The number of hydrogen-bond donors (Lipinski definition) is 2. The molecule has 1 aromatic heterocycles. The van der Waals surface area contributed by atoms with Crippen LogP contribution in [0, 0.1) is 11.3 Å². The maximum Gasteiger partial charge on any atom is 0.266 e. The Balaban J connectivity index is 1.59. The number of nitrogens with zero attached hydrogens (tertiary/aromatic N) is 2. The molecule has 1 fully saturated rings. The SMILES string of the molecule is N#C/C(=C\c1cc2ccccc2[nH]c1=O)C(=O)Nc1cccc(S(=O)(=O)N2CCCCC2)c1. The van der Waals surface area contributed by atoms with E-state index in [1.54, 1.807) is 24.3 Å². The van der Waals surface area contributed by atoms with Crippen LogP contribution in [-0.4, -0.2) is 36.7 Å². The second-order valence-electron chi connectivity index (χ2n) is 7.76. The summed E-state index contributed by atoms with van der Waals surface area (Å²) in [6.07, 6.45) is 3.86. The summed E-state index contributed by atoms with van der Waals surface area (Å²) < 4.78 is 27.3. The Morgan fingerprint density at radius 2 is 1.82 bits per heavy atom. The highest BCUT2D eigenvalue weighted by atomic mass is 32.2. The number of benzene rings is 2. The van der Waals surface area contributed by atoms with E-state index < -0.39 is 21.5 Å². The van der Waals surface area contributed by atoms with Crippen molar-refractivity contribution in [3.05, 3.63) is 76.1 Å².